The molecule has 19 heavy (non-hydrogen) atoms. The molecule has 2 heterocycles. The summed E-state index contributed by atoms with van der Waals surface area (Å²) < 4.78 is 39.6. The molecule has 0 aliphatic carbocycles. The van der Waals surface area contributed by atoms with Crippen molar-refractivity contribution in [2.45, 2.75) is 12.4 Å². The van der Waals surface area contributed by atoms with Crippen LogP contribution in [0.3, 0.4) is 0 Å². The van der Waals surface area contributed by atoms with Crippen LogP contribution in [0.4, 0.5) is 8.78 Å². The minimum atomic E-state index is -0.528. The fourth-order valence-electron chi connectivity index (χ4n) is 2.11. The molecule has 1 aromatic carbocycles. The third-order valence-corrected chi connectivity index (χ3v) is 3.17. The van der Waals surface area contributed by atoms with Gasteiger partial charge in [-0.3, -0.25) is 4.68 Å². The lowest BCUT2D eigenvalue weighted by Crippen LogP contribution is -2.00. The third-order valence-electron chi connectivity index (χ3n) is 3.17. The van der Waals surface area contributed by atoms with Crippen molar-refractivity contribution < 1.29 is 18.3 Å². The number of nitrogens with zero attached hydrogens (tertiary/aromatic N) is 2. The van der Waals surface area contributed by atoms with Gasteiger partial charge in [-0.2, -0.15) is 5.10 Å². The number of epoxide rings is 1. The van der Waals surface area contributed by atoms with Crippen LogP contribution in [0.15, 0.2) is 24.4 Å². The summed E-state index contributed by atoms with van der Waals surface area (Å²) >= 11 is 0. The van der Waals surface area contributed by atoms with Crippen molar-refractivity contribution >= 4 is 0 Å². The van der Waals surface area contributed by atoms with Gasteiger partial charge < -0.3 is 9.47 Å². The zero-order valence-corrected chi connectivity index (χ0v) is 10.4. The molecule has 0 radical (unpaired) electrons. The number of ether oxygens (including phenoxy) is 2. The Morgan fingerprint density at radius 3 is 2.68 bits per heavy atom. The summed E-state index contributed by atoms with van der Waals surface area (Å²) in [6.45, 7) is 0. The van der Waals surface area contributed by atoms with E-state index in [1.54, 1.807) is 13.1 Å². The number of hydrogen-bond donors (Lipinski definition) is 0. The Labute approximate surface area is 108 Å². The van der Waals surface area contributed by atoms with Gasteiger partial charge in [0.15, 0.2) is 6.29 Å². The highest BCUT2D eigenvalue weighted by atomic mass is 19.1. The first-order valence-corrected chi connectivity index (χ1v) is 5.77. The summed E-state index contributed by atoms with van der Waals surface area (Å²) in [6.07, 6.45) is 0.516. The van der Waals surface area contributed by atoms with Gasteiger partial charge in [-0.1, -0.05) is 0 Å². The summed E-state index contributed by atoms with van der Waals surface area (Å²) in [7, 11) is 3.13. The lowest BCUT2D eigenvalue weighted by Gasteiger charge is -2.07. The molecule has 6 heteroatoms. The van der Waals surface area contributed by atoms with Crippen LogP contribution in [-0.2, 0) is 16.5 Å². The monoisotopic (exact) mass is 266 g/mol. The molecule has 4 nitrogen and oxygen atoms in total. The molecule has 0 bridgehead atoms. The maximum atomic E-state index is 14.1. The van der Waals surface area contributed by atoms with E-state index in [2.05, 4.69) is 5.10 Å². The van der Waals surface area contributed by atoms with Crippen molar-refractivity contribution in [2.75, 3.05) is 7.11 Å². The molecule has 1 fully saturated rings. The van der Waals surface area contributed by atoms with Crippen LogP contribution in [-0.4, -0.2) is 23.2 Å². The standard InChI is InChI=1S/C13H12F2N2O2/c1-17-11(3-4-16-17)7-5-10(15)8(6-9(7)14)12-13(18-2)19-12/h3-6,12-13H,1-2H3. The molecule has 1 saturated heterocycles. The predicted octanol–water partition coefficient (Wildman–Crippen LogP) is 2.41. The van der Waals surface area contributed by atoms with Gasteiger partial charge in [0.2, 0.25) is 0 Å². The smallest absolute Gasteiger partial charge is 0.188 e. The second-order valence-corrected chi connectivity index (χ2v) is 4.35. The summed E-state index contributed by atoms with van der Waals surface area (Å²) in [5, 5.41) is 3.94. The fourth-order valence-corrected chi connectivity index (χ4v) is 2.11. The fraction of sp³-hybridized carbons (Fsp3) is 0.308. The lowest BCUT2D eigenvalue weighted by molar-refractivity contribution is 0.0950. The number of aryl methyl sites for hydroxylation is 1. The maximum absolute atomic E-state index is 14.1. The lowest BCUT2D eigenvalue weighted by atomic mass is 10.1. The SMILES string of the molecule is COC1OC1c1cc(F)c(-c2ccnn2C)cc1F. The Bertz CT molecular complexity index is 627. The van der Waals surface area contributed by atoms with E-state index in [1.165, 1.54) is 18.0 Å². The quantitative estimate of drug-likeness (QED) is 0.801. The first-order valence-electron chi connectivity index (χ1n) is 5.77. The van der Waals surface area contributed by atoms with Crippen molar-refractivity contribution in [1.82, 2.24) is 9.78 Å². The summed E-state index contributed by atoms with van der Waals surface area (Å²) in [6, 6.07) is 3.94. The normalized spacial score (nSPS) is 21.7. The molecule has 2 aromatic rings. The topological polar surface area (TPSA) is 39.6 Å². The average Bonchev–Trinajstić information content (AvgIpc) is 3.06. The maximum Gasteiger partial charge on any atom is 0.188 e. The van der Waals surface area contributed by atoms with E-state index in [-0.39, 0.29) is 11.1 Å². The van der Waals surface area contributed by atoms with Crippen molar-refractivity contribution in [3.63, 3.8) is 0 Å². The number of hydrogen-bond acceptors (Lipinski definition) is 3. The molecule has 1 aromatic heterocycles. The van der Waals surface area contributed by atoms with Crippen molar-refractivity contribution in [1.29, 1.82) is 0 Å². The highest BCUT2D eigenvalue weighted by molar-refractivity contribution is 5.61. The Hall–Kier alpha value is -1.79. The van der Waals surface area contributed by atoms with Crippen molar-refractivity contribution in [2.24, 2.45) is 7.05 Å². The summed E-state index contributed by atoms with van der Waals surface area (Å²) in [5.41, 5.74) is 0.870. The van der Waals surface area contributed by atoms with Crippen molar-refractivity contribution in [3.05, 3.63) is 41.6 Å². The van der Waals surface area contributed by atoms with Crippen LogP contribution < -0.4 is 0 Å². The summed E-state index contributed by atoms with van der Waals surface area (Å²) in [4.78, 5) is 0. The third kappa shape index (κ3) is 2.02. The molecule has 2 atom stereocenters. The van der Waals surface area contributed by atoms with Gasteiger partial charge in [-0.15, -0.1) is 0 Å². The van der Waals surface area contributed by atoms with Crippen molar-refractivity contribution in [3.8, 4) is 11.3 Å². The molecule has 0 N–H and O–H groups in total. The van der Waals surface area contributed by atoms with Crippen LogP contribution in [0, 0.1) is 11.6 Å². The van der Waals surface area contributed by atoms with Gasteiger partial charge in [0.05, 0.1) is 5.69 Å². The Kier molecular flexibility index (Phi) is 2.83. The predicted molar refractivity (Wildman–Crippen MR) is 63.2 cm³/mol. The minimum absolute atomic E-state index is 0.176. The van der Waals surface area contributed by atoms with Crippen LogP contribution in [0.1, 0.15) is 11.7 Å². The number of benzene rings is 1. The Morgan fingerprint density at radius 2 is 2.11 bits per heavy atom. The molecular formula is C13H12F2N2O2. The molecular weight excluding hydrogens is 254 g/mol. The van der Waals surface area contributed by atoms with Gasteiger partial charge in [-0.25, -0.2) is 8.78 Å². The Balaban J connectivity index is 2.01. The summed E-state index contributed by atoms with van der Waals surface area (Å²) in [5.74, 6) is -1.02. The number of halogens is 2. The molecule has 3 rings (SSSR count). The van der Waals surface area contributed by atoms with E-state index in [1.807, 2.05) is 0 Å². The highest BCUT2D eigenvalue weighted by Gasteiger charge is 2.42. The van der Waals surface area contributed by atoms with E-state index in [0.717, 1.165) is 12.1 Å². The molecule has 1 aliphatic heterocycles. The van der Waals surface area contributed by atoms with E-state index < -0.39 is 24.0 Å². The van der Waals surface area contributed by atoms with Gasteiger partial charge in [-0.05, 0) is 18.2 Å². The van der Waals surface area contributed by atoms with E-state index in [4.69, 9.17) is 9.47 Å². The average molecular weight is 266 g/mol. The van der Waals surface area contributed by atoms with Gasteiger partial charge in [0, 0.05) is 31.5 Å². The highest BCUT2D eigenvalue weighted by Crippen LogP contribution is 2.41. The number of rotatable bonds is 3. The zero-order valence-electron chi connectivity index (χ0n) is 10.4. The van der Waals surface area contributed by atoms with Gasteiger partial charge in [0.25, 0.3) is 0 Å². The largest absolute Gasteiger partial charge is 0.353 e. The minimum Gasteiger partial charge on any atom is -0.353 e. The van der Waals surface area contributed by atoms with Crippen LogP contribution in [0.2, 0.25) is 0 Å². The second-order valence-electron chi connectivity index (χ2n) is 4.35. The van der Waals surface area contributed by atoms with E-state index in [9.17, 15) is 8.78 Å². The molecule has 2 unspecified atom stereocenters. The van der Waals surface area contributed by atoms with E-state index in [0.29, 0.717) is 5.69 Å². The van der Waals surface area contributed by atoms with Gasteiger partial charge in [0.1, 0.15) is 17.7 Å². The van der Waals surface area contributed by atoms with E-state index >= 15 is 0 Å². The molecule has 100 valence electrons. The van der Waals surface area contributed by atoms with Crippen LogP contribution >= 0.6 is 0 Å². The van der Waals surface area contributed by atoms with Crippen LogP contribution in [0.5, 0.6) is 0 Å². The molecule has 0 saturated carbocycles. The molecule has 0 amide bonds. The molecule has 1 aliphatic rings. The van der Waals surface area contributed by atoms with Gasteiger partial charge >= 0.3 is 0 Å². The first-order chi connectivity index (χ1) is 9.11. The first kappa shape index (κ1) is 12.3. The number of methoxy groups -OCH3 is 1. The Morgan fingerprint density at radius 1 is 1.32 bits per heavy atom. The second kappa shape index (κ2) is 4.40. The van der Waals surface area contributed by atoms with Crippen LogP contribution in [0.25, 0.3) is 11.3 Å². The zero-order chi connectivity index (χ0) is 13.6. The molecule has 0 spiro atoms. The number of aromatic nitrogens is 2.